The summed E-state index contributed by atoms with van der Waals surface area (Å²) in [4.78, 5) is 36.1. The van der Waals surface area contributed by atoms with Crippen LogP contribution in [0.3, 0.4) is 0 Å². The van der Waals surface area contributed by atoms with E-state index in [1.807, 2.05) is 37.3 Å². The zero-order valence-electron chi connectivity index (χ0n) is 15.1. The van der Waals surface area contributed by atoms with Crippen LogP contribution in [0.5, 0.6) is 0 Å². The molecule has 0 unspecified atom stereocenters. The Morgan fingerprint density at radius 3 is 2.44 bits per heavy atom. The van der Waals surface area contributed by atoms with Gasteiger partial charge in [0.2, 0.25) is 0 Å². The number of hydrogen-bond donors (Lipinski definition) is 1. The standard InChI is InChI=1S/C20H22N2O5/c1-2-16-10-11-17(13-18(16)22(26)27)20(25)21(12-6-9-19(23)24)14-15-7-4-3-5-8-15/h3-5,7-8,10-11,13H,2,6,9,12,14H2,1H3,(H,23,24). The van der Waals surface area contributed by atoms with Gasteiger partial charge >= 0.3 is 5.97 Å². The number of carboxylic acids is 1. The first-order valence-electron chi connectivity index (χ1n) is 8.74. The number of aliphatic carboxylic acids is 1. The van der Waals surface area contributed by atoms with Crippen molar-refractivity contribution in [2.75, 3.05) is 6.54 Å². The Bertz CT molecular complexity index is 820. The molecule has 0 aliphatic carbocycles. The number of rotatable bonds is 9. The van der Waals surface area contributed by atoms with E-state index in [-0.39, 0.29) is 30.1 Å². The van der Waals surface area contributed by atoms with Crippen LogP contribution in [0, 0.1) is 10.1 Å². The summed E-state index contributed by atoms with van der Waals surface area (Å²) in [6, 6.07) is 13.8. The van der Waals surface area contributed by atoms with Crippen LogP contribution in [0.4, 0.5) is 5.69 Å². The molecule has 7 heteroatoms. The summed E-state index contributed by atoms with van der Waals surface area (Å²) in [7, 11) is 0. The van der Waals surface area contributed by atoms with Crippen molar-refractivity contribution in [1.82, 2.24) is 4.90 Å². The van der Waals surface area contributed by atoms with Gasteiger partial charge in [-0.15, -0.1) is 0 Å². The van der Waals surface area contributed by atoms with Gasteiger partial charge < -0.3 is 10.0 Å². The van der Waals surface area contributed by atoms with E-state index in [1.54, 1.807) is 12.1 Å². The van der Waals surface area contributed by atoms with Crippen LogP contribution < -0.4 is 0 Å². The van der Waals surface area contributed by atoms with Gasteiger partial charge in [0.1, 0.15) is 0 Å². The maximum atomic E-state index is 13.0. The lowest BCUT2D eigenvalue weighted by atomic mass is 10.1. The third-order valence-corrected chi connectivity index (χ3v) is 4.23. The molecule has 2 aromatic rings. The summed E-state index contributed by atoms with van der Waals surface area (Å²) in [6.07, 6.45) is 0.758. The highest BCUT2D eigenvalue weighted by Crippen LogP contribution is 2.22. The van der Waals surface area contributed by atoms with Crippen LogP contribution in [-0.4, -0.2) is 33.4 Å². The number of nitro groups is 1. The van der Waals surface area contributed by atoms with Crippen molar-refractivity contribution in [2.45, 2.75) is 32.7 Å². The minimum atomic E-state index is -0.926. The number of amides is 1. The lowest BCUT2D eigenvalue weighted by Crippen LogP contribution is -2.32. The molecule has 0 bridgehead atoms. The lowest BCUT2D eigenvalue weighted by Gasteiger charge is -2.23. The fourth-order valence-corrected chi connectivity index (χ4v) is 2.83. The van der Waals surface area contributed by atoms with Gasteiger partial charge in [-0.3, -0.25) is 19.7 Å². The normalized spacial score (nSPS) is 10.4. The quantitative estimate of drug-likeness (QED) is 0.536. The molecular formula is C20H22N2O5. The first-order chi connectivity index (χ1) is 12.9. The molecule has 0 saturated heterocycles. The van der Waals surface area contributed by atoms with E-state index in [2.05, 4.69) is 0 Å². The minimum absolute atomic E-state index is 0.0481. The molecule has 2 rings (SSSR count). The number of nitro benzene ring substituents is 1. The summed E-state index contributed by atoms with van der Waals surface area (Å²) in [6.45, 7) is 2.38. The molecule has 142 valence electrons. The van der Waals surface area contributed by atoms with Crippen LogP contribution in [0.25, 0.3) is 0 Å². The second kappa shape index (κ2) is 9.47. The molecule has 1 N–H and O–H groups in total. The highest BCUT2D eigenvalue weighted by atomic mass is 16.6. The Hall–Kier alpha value is -3.22. The van der Waals surface area contributed by atoms with E-state index in [1.165, 1.54) is 11.0 Å². The zero-order chi connectivity index (χ0) is 19.8. The summed E-state index contributed by atoms with van der Waals surface area (Å²) < 4.78 is 0. The summed E-state index contributed by atoms with van der Waals surface area (Å²) in [5.74, 6) is -1.28. The van der Waals surface area contributed by atoms with Gasteiger partial charge in [-0.05, 0) is 24.5 Å². The van der Waals surface area contributed by atoms with E-state index < -0.39 is 10.9 Å². The predicted molar refractivity (Wildman–Crippen MR) is 101 cm³/mol. The molecule has 0 heterocycles. The third kappa shape index (κ3) is 5.64. The summed E-state index contributed by atoms with van der Waals surface area (Å²) in [5, 5.41) is 20.1. The fraction of sp³-hybridized carbons (Fsp3) is 0.300. The molecule has 0 spiro atoms. The van der Waals surface area contributed by atoms with Gasteiger partial charge in [-0.2, -0.15) is 0 Å². The van der Waals surface area contributed by atoms with Crippen molar-refractivity contribution in [2.24, 2.45) is 0 Å². The summed E-state index contributed by atoms with van der Waals surface area (Å²) in [5.41, 5.74) is 1.62. The maximum absolute atomic E-state index is 13.0. The molecule has 0 atom stereocenters. The molecule has 1 amide bonds. The molecule has 27 heavy (non-hydrogen) atoms. The molecule has 0 aliphatic rings. The maximum Gasteiger partial charge on any atom is 0.303 e. The van der Waals surface area contributed by atoms with Crippen molar-refractivity contribution in [3.63, 3.8) is 0 Å². The number of carbonyl (C=O) groups is 2. The van der Waals surface area contributed by atoms with E-state index in [0.717, 1.165) is 5.56 Å². The number of benzene rings is 2. The Balaban J connectivity index is 2.27. The molecule has 0 radical (unpaired) electrons. The topological polar surface area (TPSA) is 101 Å². The van der Waals surface area contributed by atoms with Gasteiger partial charge in [0, 0.05) is 36.7 Å². The van der Waals surface area contributed by atoms with Crippen molar-refractivity contribution in [3.8, 4) is 0 Å². The highest BCUT2D eigenvalue weighted by molar-refractivity contribution is 5.95. The largest absolute Gasteiger partial charge is 0.481 e. The molecule has 7 nitrogen and oxygen atoms in total. The zero-order valence-corrected chi connectivity index (χ0v) is 15.1. The van der Waals surface area contributed by atoms with E-state index in [9.17, 15) is 19.7 Å². The Morgan fingerprint density at radius 2 is 1.85 bits per heavy atom. The minimum Gasteiger partial charge on any atom is -0.481 e. The van der Waals surface area contributed by atoms with E-state index >= 15 is 0 Å². The average molecular weight is 370 g/mol. The van der Waals surface area contributed by atoms with Crippen LogP contribution in [-0.2, 0) is 17.8 Å². The van der Waals surface area contributed by atoms with Gasteiger partial charge in [0.25, 0.3) is 11.6 Å². The second-order valence-electron chi connectivity index (χ2n) is 6.16. The number of aryl methyl sites for hydroxylation is 1. The van der Waals surface area contributed by atoms with Crippen LogP contribution in [0.15, 0.2) is 48.5 Å². The molecule has 0 aromatic heterocycles. The summed E-state index contributed by atoms with van der Waals surface area (Å²) >= 11 is 0. The number of hydrogen-bond acceptors (Lipinski definition) is 4. The average Bonchev–Trinajstić information content (AvgIpc) is 2.66. The van der Waals surface area contributed by atoms with Crippen molar-refractivity contribution in [1.29, 1.82) is 0 Å². The van der Waals surface area contributed by atoms with Gasteiger partial charge in [-0.1, -0.05) is 43.3 Å². The molecular weight excluding hydrogens is 348 g/mol. The fourth-order valence-electron chi connectivity index (χ4n) is 2.83. The first kappa shape index (κ1) is 20.1. The third-order valence-electron chi connectivity index (χ3n) is 4.23. The Morgan fingerprint density at radius 1 is 1.15 bits per heavy atom. The van der Waals surface area contributed by atoms with E-state index in [0.29, 0.717) is 24.9 Å². The number of nitrogens with zero attached hydrogens (tertiary/aromatic N) is 2. The first-order valence-corrected chi connectivity index (χ1v) is 8.74. The highest BCUT2D eigenvalue weighted by Gasteiger charge is 2.21. The number of carboxylic acid groups (broad SMARTS) is 1. The van der Waals surface area contributed by atoms with Gasteiger partial charge in [0.15, 0.2) is 0 Å². The van der Waals surface area contributed by atoms with Gasteiger partial charge in [-0.25, -0.2) is 0 Å². The molecule has 0 aliphatic heterocycles. The van der Waals surface area contributed by atoms with Crippen LogP contribution in [0.1, 0.15) is 41.3 Å². The molecule has 2 aromatic carbocycles. The van der Waals surface area contributed by atoms with Crippen molar-refractivity contribution >= 4 is 17.6 Å². The smallest absolute Gasteiger partial charge is 0.303 e. The lowest BCUT2D eigenvalue weighted by molar-refractivity contribution is -0.385. The predicted octanol–water partition coefficient (Wildman–Crippen LogP) is 3.66. The van der Waals surface area contributed by atoms with Crippen LogP contribution >= 0.6 is 0 Å². The Labute approximate surface area is 157 Å². The van der Waals surface area contributed by atoms with Gasteiger partial charge in [0.05, 0.1) is 4.92 Å². The van der Waals surface area contributed by atoms with Crippen molar-refractivity contribution < 1.29 is 19.6 Å². The SMILES string of the molecule is CCc1ccc(C(=O)N(CCCC(=O)O)Cc2ccccc2)cc1[N+](=O)[O-]. The monoisotopic (exact) mass is 370 g/mol. The van der Waals surface area contributed by atoms with Crippen LogP contribution in [0.2, 0.25) is 0 Å². The second-order valence-corrected chi connectivity index (χ2v) is 6.16. The van der Waals surface area contributed by atoms with Crippen molar-refractivity contribution in [3.05, 3.63) is 75.3 Å². The van der Waals surface area contributed by atoms with E-state index in [4.69, 9.17) is 5.11 Å². The molecule has 0 fully saturated rings. The molecule has 0 saturated carbocycles. The Kier molecular flexibility index (Phi) is 7.05. The number of carbonyl (C=O) groups excluding carboxylic acids is 1.